The number of aliphatic hydroxyl groups excluding tert-OH is 2. The number of amides is 1. The highest BCUT2D eigenvalue weighted by Gasteiger charge is 2.56. The molecule has 0 unspecified atom stereocenters. The van der Waals surface area contributed by atoms with Crippen LogP contribution >= 0.6 is 0 Å². The molecule has 1 amide bonds. The van der Waals surface area contributed by atoms with Gasteiger partial charge in [0, 0.05) is 52.0 Å². The van der Waals surface area contributed by atoms with Crippen LogP contribution in [0.15, 0.2) is 23.3 Å². The van der Waals surface area contributed by atoms with Gasteiger partial charge in [-0.3, -0.25) is 14.4 Å². The second-order valence-electron chi connectivity index (χ2n) is 17.2. The smallest absolute Gasteiger partial charge is 0.329 e. The lowest BCUT2D eigenvalue weighted by atomic mass is 9.81. The highest BCUT2D eigenvalue weighted by Crippen LogP contribution is 2.39. The van der Waals surface area contributed by atoms with E-state index in [2.05, 4.69) is 6.92 Å². The lowest BCUT2D eigenvalue weighted by Gasteiger charge is -2.47. The summed E-state index contributed by atoms with van der Waals surface area (Å²) in [6, 6.07) is -1.13. The molecule has 0 spiro atoms. The van der Waals surface area contributed by atoms with E-state index in [0.717, 1.165) is 5.57 Å². The molecule has 3 N–H and O–H groups in total. The first-order valence-corrected chi connectivity index (χ1v) is 20.8. The van der Waals surface area contributed by atoms with Crippen LogP contribution in [0.3, 0.4) is 0 Å². The lowest BCUT2D eigenvalue weighted by molar-refractivity contribution is -0.302. The number of carbonyl (C=O) groups is 4. The molecule has 3 heterocycles. The maximum atomic E-state index is 14.3. The summed E-state index contributed by atoms with van der Waals surface area (Å²) in [6.45, 7) is 11.3. The Kier molecular flexibility index (Phi) is 16.9. The predicted octanol–water partition coefficient (Wildman–Crippen LogP) is 4.47. The number of fused-ring (bicyclic) bond motifs is 3. The molecule has 318 valence electrons. The number of ketones is 2. The number of rotatable bonds is 6. The maximum absolute atomic E-state index is 14.3. The fourth-order valence-electron chi connectivity index (χ4n) is 9.39. The number of methoxy groups -OCH3 is 3. The first-order valence-electron chi connectivity index (χ1n) is 20.8. The van der Waals surface area contributed by atoms with E-state index in [9.17, 15) is 34.5 Å². The third kappa shape index (κ3) is 10.7. The van der Waals surface area contributed by atoms with E-state index in [1.165, 1.54) is 19.1 Å². The highest BCUT2D eigenvalue weighted by molar-refractivity contribution is 6.39. The number of nitrogens with zero attached hydrogens (tertiary/aromatic N) is 1. The molecule has 13 nitrogen and oxygen atoms in total. The van der Waals surface area contributed by atoms with Crippen molar-refractivity contribution in [1.82, 2.24) is 4.90 Å². The Morgan fingerprint density at radius 3 is 2.21 bits per heavy atom. The first-order chi connectivity index (χ1) is 26.5. The Morgan fingerprint density at radius 1 is 0.911 bits per heavy atom. The molecule has 3 fully saturated rings. The van der Waals surface area contributed by atoms with Gasteiger partial charge in [-0.15, -0.1) is 0 Å². The number of carbonyl (C=O) groups excluding carboxylic acids is 4. The molecule has 0 radical (unpaired) electrons. The second-order valence-corrected chi connectivity index (χ2v) is 17.2. The Morgan fingerprint density at radius 2 is 1.57 bits per heavy atom. The van der Waals surface area contributed by atoms with E-state index in [4.69, 9.17) is 23.7 Å². The Labute approximate surface area is 333 Å². The summed E-state index contributed by atoms with van der Waals surface area (Å²) in [7, 11) is 4.63. The van der Waals surface area contributed by atoms with E-state index in [1.807, 2.05) is 32.9 Å². The number of hydrogen-bond acceptors (Lipinski definition) is 12. The van der Waals surface area contributed by atoms with Crippen LogP contribution in [-0.2, 0) is 42.9 Å². The van der Waals surface area contributed by atoms with Crippen molar-refractivity contribution < 1.29 is 58.2 Å². The van der Waals surface area contributed by atoms with E-state index in [-0.39, 0.29) is 49.5 Å². The van der Waals surface area contributed by atoms with Crippen LogP contribution in [0, 0.1) is 29.6 Å². The van der Waals surface area contributed by atoms with Crippen LogP contribution in [0.25, 0.3) is 0 Å². The van der Waals surface area contributed by atoms with Gasteiger partial charge in [-0.25, -0.2) is 4.79 Å². The quantitative estimate of drug-likeness (QED) is 0.196. The standard InChI is InChI=1S/C43H69NO12/c1-10-30-18-24(2)17-25(3)19-36(53-8)39-37(54-9)21-27(5)43(51,56-39)40(48)41(49)44-16-12-11-13-31(44)42(50)55-38(28(6)33(46)23-34(30)47)26(4)20-29-14-15-32(45)35(22-29)52-7/h18,20,25,27-33,35-39,45-46,51H,10-17,19,21-23H2,1-9H3/t25-,27+,28-,29+,30+,31-,32-,33+,35+,36-,37-,38+,39-,43+/m1/s1. The fourth-order valence-corrected chi connectivity index (χ4v) is 9.39. The Bertz CT molecular complexity index is 1430. The first kappa shape index (κ1) is 46.2. The van der Waals surface area contributed by atoms with Crippen LogP contribution in [0.2, 0.25) is 0 Å². The minimum Gasteiger partial charge on any atom is -0.456 e. The van der Waals surface area contributed by atoms with Gasteiger partial charge in [-0.1, -0.05) is 45.4 Å². The number of esters is 1. The largest absolute Gasteiger partial charge is 0.456 e. The van der Waals surface area contributed by atoms with Gasteiger partial charge in [-0.05, 0) is 95.5 Å². The van der Waals surface area contributed by atoms with Crippen molar-refractivity contribution in [1.29, 1.82) is 0 Å². The summed E-state index contributed by atoms with van der Waals surface area (Å²) in [6.07, 6.45) is 3.72. The molecule has 3 aliphatic heterocycles. The molecule has 4 aliphatic rings. The van der Waals surface area contributed by atoms with Crippen LogP contribution in [0.4, 0.5) is 0 Å². The van der Waals surface area contributed by atoms with Crippen molar-refractivity contribution >= 4 is 23.4 Å². The molecule has 13 heteroatoms. The number of cyclic esters (lactones) is 1. The molecular formula is C43H69NO12. The van der Waals surface area contributed by atoms with Crippen molar-refractivity contribution in [3.8, 4) is 0 Å². The van der Waals surface area contributed by atoms with Crippen molar-refractivity contribution in [3.05, 3.63) is 23.3 Å². The molecule has 0 aromatic carbocycles. The number of ether oxygens (including phenoxy) is 5. The molecular weight excluding hydrogens is 722 g/mol. The average Bonchev–Trinajstić information content (AvgIpc) is 3.18. The van der Waals surface area contributed by atoms with Crippen molar-refractivity contribution in [2.24, 2.45) is 29.6 Å². The molecule has 1 aliphatic carbocycles. The third-order valence-corrected chi connectivity index (χ3v) is 12.9. The number of Topliss-reactive ketones (excluding diaryl/α,β-unsaturated/α-hetero) is 2. The Balaban J connectivity index is 1.76. The van der Waals surface area contributed by atoms with Gasteiger partial charge in [0.2, 0.25) is 5.79 Å². The van der Waals surface area contributed by atoms with Gasteiger partial charge >= 0.3 is 5.97 Å². The minimum atomic E-state index is -2.50. The van der Waals surface area contributed by atoms with E-state index in [1.54, 1.807) is 21.0 Å². The van der Waals surface area contributed by atoms with Gasteiger partial charge in [0.15, 0.2) is 0 Å². The summed E-state index contributed by atoms with van der Waals surface area (Å²) >= 11 is 0. The number of allylic oxidation sites excluding steroid dienone is 3. The average molecular weight is 792 g/mol. The van der Waals surface area contributed by atoms with Crippen molar-refractivity contribution in [2.75, 3.05) is 27.9 Å². The van der Waals surface area contributed by atoms with Gasteiger partial charge in [0.1, 0.15) is 24.0 Å². The third-order valence-electron chi connectivity index (χ3n) is 12.9. The summed E-state index contributed by atoms with van der Waals surface area (Å²) in [5.74, 6) is -7.50. The molecule has 2 saturated heterocycles. The van der Waals surface area contributed by atoms with Gasteiger partial charge in [0.25, 0.3) is 11.7 Å². The zero-order valence-electron chi connectivity index (χ0n) is 35.1. The van der Waals surface area contributed by atoms with Crippen LogP contribution in [0.1, 0.15) is 112 Å². The zero-order valence-corrected chi connectivity index (χ0v) is 35.1. The monoisotopic (exact) mass is 791 g/mol. The van der Waals surface area contributed by atoms with Crippen LogP contribution in [0.5, 0.6) is 0 Å². The van der Waals surface area contributed by atoms with Gasteiger partial charge < -0.3 is 43.9 Å². The second kappa shape index (κ2) is 20.4. The van der Waals surface area contributed by atoms with Gasteiger partial charge in [0.05, 0.1) is 30.5 Å². The minimum absolute atomic E-state index is 0.000914. The number of hydrogen-bond donors (Lipinski definition) is 3. The number of aliphatic hydroxyl groups is 3. The summed E-state index contributed by atoms with van der Waals surface area (Å²) in [4.78, 5) is 57.6. The zero-order chi connectivity index (χ0) is 41.5. The normalized spacial score (nSPS) is 40.6. The molecule has 1 saturated carbocycles. The van der Waals surface area contributed by atoms with Crippen LogP contribution < -0.4 is 0 Å². The summed E-state index contributed by atoms with van der Waals surface area (Å²) < 4.78 is 29.7. The topological polar surface area (TPSA) is 178 Å². The SMILES string of the molecule is CC[C@H]1C=C(C)C[C@@H](C)C[C@@H](OC)[C@H]2O[C@](O)(C(=O)C(=O)N3CCCC[C@@H]3C(=O)O[C@@H](C(C)=C[C@@H]3CC[C@@H](O)[C@@H](OC)C3)[C@H](C)[C@@H](O)CC1=O)[C@@H](C)C[C@H]2OC. The molecule has 4 rings (SSSR count). The summed E-state index contributed by atoms with van der Waals surface area (Å²) in [5, 5.41) is 34.1. The highest BCUT2D eigenvalue weighted by atomic mass is 16.7. The molecule has 56 heavy (non-hydrogen) atoms. The Hall–Kier alpha value is -2.52. The maximum Gasteiger partial charge on any atom is 0.329 e. The molecule has 0 aromatic rings. The van der Waals surface area contributed by atoms with Crippen molar-refractivity contribution in [2.45, 2.75) is 167 Å². The van der Waals surface area contributed by atoms with E-state index < -0.39 is 83.9 Å². The fraction of sp³-hybridized carbons (Fsp3) is 0.814. The summed E-state index contributed by atoms with van der Waals surface area (Å²) in [5.41, 5.74) is 1.66. The lowest BCUT2D eigenvalue weighted by Crippen LogP contribution is -2.64. The van der Waals surface area contributed by atoms with Crippen LogP contribution in [-0.4, -0.2) is 126 Å². The van der Waals surface area contributed by atoms with Gasteiger partial charge in [-0.2, -0.15) is 0 Å². The molecule has 2 bridgehead atoms. The number of piperidine rings is 1. The van der Waals surface area contributed by atoms with Crippen molar-refractivity contribution in [3.63, 3.8) is 0 Å². The molecule has 14 atom stereocenters. The predicted molar refractivity (Wildman–Crippen MR) is 208 cm³/mol. The van der Waals surface area contributed by atoms with E-state index in [0.29, 0.717) is 56.9 Å². The molecule has 0 aromatic heterocycles. The van der Waals surface area contributed by atoms with E-state index >= 15 is 0 Å².